The summed E-state index contributed by atoms with van der Waals surface area (Å²) in [6.45, 7) is 5.95. The van der Waals surface area contributed by atoms with Crippen molar-refractivity contribution >= 4 is 10.8 Å². The van der Waals surface area contributed by atoms with Crippen molar-refractivity contribution < 1.29 is 9.84 Å². The van der Waals surface area contributed by atoms with E-state index in [0.717, 1.165) is 43.8 Å². The Hall–Kier alpha value is -2.36. The van der Waals surface area contributed by atoms with Crippen LogP contribution in [0.15, 0.2) is 66.7 Å². The zero-order valence-corrected chi connectivity index (χ0v) is 18.0. The number of fused-ring (bicyclic) bond motifs is 1. The molecule has 1 unspecified atom stereocenters. The zero-order chi connectivity index (χ0) is 20.8. The van der Waals surface area contributed by atoms with Gasteiger partial charge in [-0.1, -0.05) is 54.6 Å². The summed E-state index contributed by atoms with van der Waals surface area (Å²) < 4.78 is 5.98. The molecule has 3 aromatic carbocycles. The van der Waals surface area contributed by atoms with Gasteiger partial charge in [-0.25, -0.2) is 0 Å². The van der Waals surface area contributed by atoms with Crippen molar-refractivity contribution in [2.45, 2.75) is 38.7 Å². The minimum Gasteiger partial charge on any atom is -0.494 e. The molecule has 1 aliphatic heterocycles. The molecule has 1 saturated heterocycles. The van der Waals surface area contributed by atoms with Crippen LogP contribution in [0.25, 0.3) is 10.8 Å². The number of benzene rings is 3. The summed E-state index contributed by atoms with van der Waals surface area (Å²) in [4.78, 5) is 2.51. The van der Waals surface area contributed by atoms with Gasteiger partial charge in [-0.2, -0.15) is 0 Å². The number of aliphatic hydroxyl groups excluding tert-OH is 1. The summed E-state index contributed by atoms with van der Waals surface area (Å²) in [5.74, 6) is 1.74. The Morgan fingerprint density at radius 3 is 2.33 bits per heavy atom. The normalized spacial score (nSPS) is 16.6. The first-order chi connectivity index (χ1) is 14.7. The van der Waals surface area contributed by atoms with Crippen LogP contribution >= 0.6 is 0 Å². The van der Waals surface area contributed by atoms with E-state index in [1.54, 1.807) is 0 Å². The largest absolute Gasteiger partial charge is 0.494 e. The Balaban J connectivity index is 1.32. The maximum absolute atomic E-state index is 10.4. The van der Waals surface area contributed by atoms with Gasteiger partial charge in [0.05, 0.1) is 12.7 Å². The van der Waals surface area contributed by atoms with E-state index < -0.39 is 0 Å². The highest BCUT2D eigenvalue weighted by molar-refractivity contribution is 5.85. The SMILES string of the molecule is CCOc1cc2ccccc2cc1CC1CCN(CCC(O)c2ccccc2)CC1. The van der Waals surface area contributed by atoms with Crippen LogP contribution in [-0.2, 0) is 6.42 Å². The Morgan fingerprint density at radius 1 is 0.967 bits per heavy atom. The number of hydrogen-bond acceptors (Lipinski definition) is 3. The molecule has 3 aromatic rings. The number of nitrogens with zero attached hydrogens (tertiary/aromatic N) is 1. The highest BCUT2D eigenvalue weighted by Crippen LogP contribution is 2.31. The molecule has 0 amide bonds. The summed E-state index contributed by atoms with van der Waals surface area (Å²) in [5.41, 5.74) is 2.36. The number of rotatable bonds is 8. The van der Waals surface area contributed by atoms with Crippen molar-refractivity contribution in [2.24, 2.45) is 5.92 Å². The topological polar surface area (TPSA) is 32.7 Å². The molecule has 3 nitrogen and oxygen atoms in total. The summed E-state index contributed by atoms with van der Waals surface area (Å²) in [5, 5.41) is 13.0. The Kier molecular flexibility index (Phi) is 7.03. The third-order valence-corrected chi connectivity index (χ3v) is 6.35. The van der Waals surface area contributed by atoms with Gasteiger partial charge in [-0.3, -0.25) is 0 Å². The van der Waals surface area contributed by atoms with E-state index in [-0.39, 0.29) is 6.10 Å². The van der Waals surface area contributed by atoms with Gasteiger partial charge in [0.25, 0.3) is 0 Å². The smallest absolute Gasteiger partial charge is 0.123 e. The van der Waals surface area contributed by atoms with Crippen LogP contribution in [0.2, 0.25) is 0 Å². The molecule has 158 valence electrons. The number of hydrogen-bond donors (Lipinski definition) is 1. The minimum atomic E-state index is -0.365. The lowest BCUT2D eigenvalue weighted by Crippen LogP contribution is -2.35. The highest BCUT2D eigenvalue weighted by Gasteiger charge is 2.21. The van der Waals surface area contributed by atoms with Gasteiger partial charge in [-0.05, 0) is 85.6 Å². The third kappa shape index (κ3) is 5.21. The van der Waals surface area contributed by atoms with E-state index in [4.69, 9.17) is 4.74 Å². The van der Waals surface area contributed by atoms with Crippen molar-refractivity contribution in [3.8, 4) is 5.75 Å². The second-order valence-electron chi connectivity index (χ2n) is 8.44. The summed E-state index contributed by atoms with van der Waals surface area (Å²) >= 11 is 0. The molecule has 0 radical (unpaired) electrons. The lowest BCUT2D eigenvalue weighted by molar-refractivity contribution is 0.123. The van der Waals surface area contributed by atoms with Gasteiger partial charge in [0.15, 0.2) is 0 Å². The molecule has 1 fully saturated rings. The zero-order valence-electron chi connectivity index (χ0n) is 18.0. The Morgan fingerprint density at radius 2 is 1.63 bits per heavy atom. The molecule has 3 heteroatoms. The third-order valence-electron chi connectivity index (χ3n) is 6.35. The molecule has 0 bridgehead atoms. The van der Waals surface area contributed by atoms with Crippen molar-refractivity contribution in [3.05, 3.63) is 77.9 Å². The van der Waals surface area contributed by atoms with E-state index in [1.165, 1.54) is 29.2 Å². The molecule has 0 aromatic heterocycles. The first-order valence-electron chi connectivity index (χ1n) is 11.3. The molecule has 30 heavy (non-hydrogen) atoms. The van der Waals surface area contributed by atoms with Gasteiger partial charge in [0.2, 0.25) is 0 Å². The summed E-state index contributed by atoms with van der Waals surface area (Å²) in [6, 6.07) is 23.1. The fourth-order valence-electron chi connectivity index (χ4n) is 4.59. The van der Waals surface area contributed by atoms with Crippen LogP contribution in [0.5, 0.6) is 5.75 Å². The van der Waals surface area contributed by atoms with Crippen molar-refractivity contribution in [3.63, 3.8) is 0 Å². The van der Waals surface area contributed by atoms with Crippen molar-refractivity contribution in [2.75, 3.05) is 26.2 Å². The van der Waals surface area contributed by atoms with E-state index in [1.807, 2.05) is 30.3 Å². The van der Waals surface area contributed by atoms with Gasteiger partial charge in [0.1, 0.15) is 5.75 Å². The number of ether oxygens (including phenoxy) is 1. The molecular formula is C27H33NO2. The molecule has 0 spiro atoms. The molecular weight excluding hydrogens is 370 g/mol. The van der Waals surface area contributed by atoms with E-state index in [2.05, 4.69) is 48.2 Å². The maximum Gasteiger partial charge on any atom is 0.123 e. The molecule has 1 heterocycles. The Labute approximate surface area is 180 Å². The lowest BCUT2D eigenvalue weighted by Gasteiger charge is -2.32. The standard InChI is InChI=1S/C27H33NO2/c1-2-30-27-20-24-11-7-6-10-23(24)19-25(27)18-21-12-15-28(16-13-21)17-14-26(29)22-8-4-3-5-9-22/h3-11,19-21,26,29H,2,12-18H2,1H3. The number of likely N-dealkylation sites (tertiary alicyclic amines) is 1. The fourth-order valence-corrected chi connectivity index (χ4v) is 4.59. The van der Waals surface area contributed by atoms with Crippen LogP contribution < -0.4 is 4.74 Å². The number of piperidine rings is 1. The Bertz CT molecular complexity index is 932. The van der Waals surface area contributed by atoms with E-state index in [0.29, 0.717) is 12.5 Å². The summed E-state index contributed by atoms with van der Waals surface area (Å²) in [6.07, 6.45) is 3.93. The first-order valence-corrected chi connectivity index (χ1v) is 11.3. The molecule has 4 rings (SSSR count). The molecule has 0 saturated carbocycles. The monoisotopic (exact) mass is 403 g/mol. The summed E-state index contributed by atoms with van der Waals surface area (Å²) in [7, 11) is 0. The van der Waals surface area contributed by atoms with E-state index >= 15 is 0 Å². The van der Waals surface area contributed by atoms with Crippen molar-refractivity contribution in [1.29, 1.82) is 0 Å². The fraction of sp³-hybridized carbons (Fsp3) is 0.407. The van der Waals surface area contributed by atoms with Gasteiger partial charge in [0, 0.05) is 6.54 Å². The molecule has 1 atom stereocenters. The molecule has 1 aliphatic rings. The van der Waals surface area contributed by atoms with Gasteiger partial charge in [-0.15, -0.1) is 0 Å². The number of aliphatic hydroxyl groups is 1. The average molecular weight is 404 g/mol. The van der Waals surface area contributed by atoms with Gasteiger partial charge >= 0.3 is 0 Å². The van der Waals surface area contributed by atoms with Crippen LogP contribution in [0, 0.1) is 5.92 Å². The second kappa shape index (κ2) is 10.1. The highest BCUT2D eigenvalue weighted by atomic mass is 16.5. The lowest BCUT2D eigenvalue weighted by atomic mass is 9.89. The van der Waals surface area contributed by atoms with Crippen LogP contribution in [0.4, 0.5) is 0 Å². The predicted octanol–water partition coefficient (Wildman–Crippen LogP) is 5.62. The van der Waals surface area contributed by atoms with Crippen molar-refractivity contribution in [1.82, 2.24) is 4.90 Å². The van der Waals surface area contributed by atoms with E-state index in [9.17, 15) is 5.11 Å². The quantitative estimate of drug-likeness (QED) is 0.530. The first kappa shape index (κ1) is 20.9. The maximum atomic E-state index is 10.4. The average Bonchev–Trinajstić information content (AvgIpc) is 2.79. The van der Waals surface area contributed by atoms with Crippen LogP contribution in [0.3, 0.4) is 0 Å². The van der Waals surface area contributed by atoms with Crippen LogP contribution in [-0.4, -0.2) is 36.2 Å². The second-order valence-corrected chi connectivity index (χ2v) is 8.44. The minimum absolute atomic E-state index is 0.365. The van der Waals surface area contributed by atoms with Gasteiger partial charge < -0.3 is 14.7 Å². The van der Waals surface area contributed by atoms with Crippen LogP contribution in [0.1, 0.15) is 43.4 Å². The molecule has 0 aliphatic carbocycles. The molecule has 1 N–H and O–H groups in total. The predicted molar refractivity (Wildman–Crippen MR) is 124 cm³/mol.